The van der Waals surface area contributed by atoms with Crippen molar-refractivity contribution in [3.8, 4) is 11.6 Å². The smallest absolute Gasteiger partial charge is 0.335 e. The van der Waals surface area contributed by atoms with Crippen LogP contribution in [0.5, 0.6) is 5.88 Å². The number of nitrogens with one attached hydrogen (secondary N) is 1. The summed E-state index contributed by atoms with van der Waals surface area (Å²) in [5.41, 5.74) is 0.0973. The molecule has 0 bridgehead atoms. The van der Waals surface area contributed by atoms with E-state index in [1.807, 2.05) is 13.0 Å². The topological polar surface area (TPSA) is 148 Å². The minimum Gasteiger partial charge on any atom is -0.493 e. The first kappa shape index (κ1) is 26.2. The van der Waals surface area contributed by atoms with E-state index in [4.69, 9.17) is 0 Å². The van der Waals surface area contributed by atoms with Crippen LogP contribution in [0.15, 0.2) is 57.0 Å². The van der Waals surface area contributed by atoms with Crippen molar-refractivity contribution in [3.63, 3.8) is 0 Å². The van der Waals surface area contributed by atoms with Gasteiger partial charge in [-0.05, 0) is 62.1 Å². The number of imide groups is 2. The van der Waals surface area contributed by atoms with Gasteiger partial charge in [0.1, 0.15) is 5.56 Å². The lowest BCUT2D eigenvalue weighted by molar-refractivity contribution is -0.159. The summed E-state index contributed by atoms with van der Waals surface area (Å²) in [6.07, 6.45) is 2.71. The van der Waals surface area contributed by atoms with Crippen LogP contribution in [0.4, 0.5) is 16.2 Å². The highest BCUT2D eigenvalue weighted by molar-refractivity contribution is 6.20. The average molecular weight is 557 g/mol. The molecule has 4 amide bonds. The number of benzene rings is 2. The monoisotopic (exact) mass is 556 g/mol. The van der Waals surface area contributed by atoms with Gasteiger partial charge in [-0.1, -0.05) is 17.7 Å². The minimum atomic E-state index is -1.44. The van der Waals surface area contributed by atoms with Gasteiger partial charge in [0.15, 0.2) is 5.41 Å². The number of aromatic nitrogens is 2. The number of aromatic hydroxyl groups is 1. The molecule has 1 atom stereocenters. The van der Waals surface area contributed by atoms with Crippen LogP contribution in [0.1, 0.15) is 29.5 Å². The lowest BCUT2D eigenvalue weighted by Crippen LogP contribution is -2.70. The minimum absolute atomic E-state index is 0.0939. The van der Waals surface area contributed by atoms with Gasteiger partial charge in [0, 0.05) is 32.5 Å². The summed E-state index contributed by atoms with van der Waals surface area (Å²) >= 11 is 0. The van der Waals surface area contributed by atoms with Crippen molar-refractivity contribution in [1.82, 2.24) is 19.4 Å². The third-order valence-electron chi connectivity index (χ3n) is 8.37. The molecule has 1 aromatic heterocycles. The Morgan fingerprint density at radius 1 is 1.00 bits per heavy atom. The second-order valence-electron chi connectivity index (χ2n) is 10.7. The Labute approximate surface area is 234 Å². The molecule has 2 aromatic carbocycles. The Bertz CT molecular complexity index is 1750. The molecule has 3 aliphatic rings. The maximum atomic E-state index is 13.6. The van der Waals surface area contributed by atoms with E-state index >= 15 is 0 Å². The second kappa shape index (κ2) is 9.29. The number of H-pyrrole nitrogens is 1. The summed E-state index contributed by atoms with van der Waals surface area (Å²) in [4.78, 5) is 75.5. The summed E-state index contributed by atoms with van der Waals surface area (Å²) in [5.74, 6) is -1.59. The predicted molar refractivity (Wildman–Crippen MR) is 150 cm³/mol. The summed E-state index contributed by atoms with van der Waals surface area (Å²) in [6.45, 7) is 2.55. The van der Waals surface area contributed by atoms with Gasteiger partial charge in [0.2, 0.25) is 17.7 Å². The van der Waals surface area contributed by atoms with Crippen molar-refractivity contribution in [2.24, 2.45) is 10.4 Å². The molecule has 6 rings (SSSR count). The fourth-order valence-electron chi connectivity index (χ4n) is 6.31. The number of hydrogen-bond donors (Lipinski definition) is 2. The van der Waals surface area contributed by atoms with Gasteiger partial charge in [-0.2, -0.15) is 0 Å². The number of fused-ring (bicyclic) bond motifs is 4. The molecule has 0 radical (unpaired) electrons. The maximum Gasteiger partial charge on any atom is 0.335 e. The number of rotatable bonds is 3. The standard InChI is InChI=1S/C29H28N6O6/c1-16-6-9-19(10-7-16)35-24(37)20(23(36)31-27(35)40)15-30-18-8-11-21-17(13-18)14-29(22-5-4-12-34(21)22)25(38)32(2)28(41)33(3)26(29)39/h6-11,13,15,22,37H,4-5,12,14H2,1-3H3,(H,31,36,40)/t22-/m0/s1. The molecule has 2 fully saturated rings. The highest BCUT2D eigenvalue weighted by atomic mass is 16.3. The van der Waals surface area contributed by atoms with Gasteiger partial charge in [-0.25, -0.2) is 14.2 Å². The number of aromatic amines is 1. The summed E-state index contributed by atoms with van der Waals surface area (Å²) in [6, 6.07) is 11.2. The van der Waals surface area contributed by atoms with Crippen molar-refractivity contribution in [2.75, 3.05) is 25.5 Å². The fourth-order valence-corrected chi connectivity index (χ4v) is 6.31. The largest absolute Gasteiger partial charge is 0.493 e. The number of nitrogens with zero attached hydrogens (tertiary/aromatic N) is 5. The van der Waals surface area contributed by atoms with Crippen molar-refractivity contribution in [3.05, 3.63) is 80.0 Å². The highest BCUT2D eigenvalue weighted by Gasteiger charge is 2.63. The molecule has 4 heterocycles. The number of hydrogen-bond acceptors (Lipinski definition) is 8. The van der Waals surface area contributed by atoms with Crippen LogP contribution in [0.3, 0.4) is 0 Å². The van der Waals surface area contributed by atoms with Crippen molar-refractivity contribution in [2.45, 2.75) is 32.2 Å². The Kier molecular flexibility index (Phi) is 5.94. The molecule has 12 heteroatoms. The number of carbonyl (C=O) groups excluding carboxylic acids is 3. The zero-order chi connectivity index (χ0) is 29.2. The van der Waals surface area contributed by atoms with Crippen LogP contribution < -0.4 is 16.1 Å². The molecule has 0 aliphatic carbocycles. The number of aryl methyl sites for hydroxylation is 1. The molecular formula is C29H28N6O6. The first-order valence-electron chi connectivity index (χ1n) is 13.2. The van der Waals surface area contributed by atoms with Gasteiger partial charge in [0.05, 0.1) is 17.4 Å². The van der Waals surface area contributed by atoms with E-state index in [2.05, 4.69) is 14.9 Å². The summed E-state index contributed by atoms with van der Waals surface area (Å²) in [5, 5.41) is 10.9. The number of urea groups is 1. The zero-order valence-corrected chi connectivity index (χ0v) is 22.7. The zero-order valence-electron chi connectivity index (χ0n) is 22.7. The number of aliphatic imine (C=N–C) groups is 1. The first-order valence-corrected chi connectivity index (χ1v) is 13.2. The molecule has 12 nitrogen and oxygen atoms in total. The van der Waals surface area contributed by atoms with Gasteiger partial charge >= 0.3 is 11.7 Å². The number of anilines is 1. The fraction of sp³-hybridized carbons (Fsp3) is 0.310. The van der Waals surface area contributed by atoms with Crippen LogP contribution in [0, 0.1) is 12.3 Å². The van der Waals surface area contributed by atoms with Crippen LogP contribution in [0.25, 0.3) is 5.69 Å². The molecule has 1 spiro atoms. The molecule has 41 heavy (non-hydrogen) atoms. The third-order valence-corrected chi connectivity index (χ3v) is 8.37. The van der Waals surface area contributed by atoms with Gasteiger partial charge in [-0.3, -0.25) is 34.2 Å². The normalized spacial score (nSPS) is 19.8. The van der Waals surface area contributed by atoms with Crippen molar-refractivity contribution >= 4 is 35.4 Å². The van der Waals surface area contributed by atoms with Gasteiger partial charge < -0.3 is 10.0 Å². The SMILES string of the molecule is Cc1ccc(-n2c(O)c(C=Nc3ccc4c(c3)CC3(C(=O)N(C)C(=O)N(C)C3=O)[C@@H]3CCCN43)c(=O)[nH]c2=O)cc1. The second-order valence-corrected chi connectivity index (χ2v) is 10.7. The lowest BCUT2D eigenvalue weighted by Gasteiger charge is -2.50. The van der Waals surface area contributed by atoms with Gasteiger partial charge in [-0.15, -0.1) is 0 Å². The molecule has 3 aliphatic heterocycles. The van der Waals surface area contributed by atoms with Crippen LogP contribution in [-0.4, -0.2) is 75.2 Å². The molecule has 210 valence electrons. The Morgan fingerprint density at radius 3 is 2.37 bits per heavy atom. The van der Waals surface area contributed by atoms with Crippen molar-refractivity contribution < 1.29 is 19.5 Å². The number of barbiturate groups is 1. The highest BCUT2D eigenvalue weighted by Crippen LogP contribution is 2.49. The first-order chi connectivity index (χ1) is 19.5. The van der Waals surface area contributed by atoms with E-state index in [-0.39, 0.29) is 18.0 Å². The molecule has 2 N–H and O–H groups in total. The van der Waals surface area contributed by atoms with Crippen LogP contribution in [-0.2, 0) is 16.0 Å². The molecule has 2 saturated heterocycles. The number of amides is 4. The van der Waals surface area contributed by atoms with E-state index < -0.39 is 40.4 Å². The van der Waals surface area contributed by atoms with E-state index in [1.54, 1.807) is 36.4 Å². The molecule has 0 unspecified atom stereocenters. The molecular weight excluding hydrogens is 528 g/mol. The van der Waals surface area contributed by atoms with E-state index in [0.717, 1.165) is 32.0 Å². The average Bonchev–Trinajstić information content (AvgIpc) is 3.45. The van der Waals surface area contributed by atoms with E-state index in [1.165, 1.54) is 20.3 Å². The van der Waals surface area contributed by atoms with Gasteiger partial charge in [0.25, 0.3) is 5.56 Å². The summed E-state index contributed by atoms with van der Waals surface area (Å²) < 4.78 is 0.987. The molecule has 3 aromatic rings. The van der Waals surface area contributed by atoms with Crippen molar-refractivity contribution in [1.29, 1.82) is 0 Å². The Hall–Kier alpha value is -5.00. The lowest BCUT2D eigenvalue weighted by atomic mass is 9.68. The summed E-state index contributed by atoms with van der Waals surface area (Å²) in [7, 11) is 2.79. The maximum absolute atomic E-state index is 13.6. The van der Waals surface area contributed by atoms with E-state index in [0.29, 0.717) is 29.9 Å². The number of carbonyl (C=O) groups is 3. The van der Waals surface area contributed by atoms with E-state index in [9.17, 15) is 29.1 Å². The van der Waals surface area contributed by atoms with Crippen LogP contribution in [0.2, 0.25) is 0 Å². The quantitative estimate of drug-likeness (QED) is 0.370. The predicted octanol–water partition coefficient (Wildman–Crippen LogP) is 1.85. The van der Waals surface area contributed by atoms with Crippen LogP contribution >= 0.6 is 0 Å². The molecule has 0 saturated carbocycles. The third kappa shape index (κ3) is 3.81. The Balaban J connectivity index is 1.40. The Morgan fingerprint density at radius 2 is 1.68 bits per heavy atom.